The molecule has 1 fully saturated rings. The zero-order valence-electron chi connectivity index (χ0n) is 16.5. The van der Waals surface area contributed by atoms with Crippen LogP contribution in [0.4, 0.5) is 11.4 Å². The standard InChI is InChI=1S/C23H22N2O3/c1-13-5-7-17-15(11-13)22(20(27)24(17)3)9-10-23(19(22)26)16-12-14(2)6-8-18(16)25(4)21(23)28/h5-8,11-12H,9-10H2,1-4H3/t22-,23-/m0/s1. The number of amides is 2. The molecule has 2 atom stereocenters. The molecule has 2 heterocycles. The van der Waals surface area contributed by atoms with Gasteiger partial charge in [0, 0.05) is 25.5 Å². The van der Waals surface area contributed by atoms with E-state index in [2.05, 4.69) is 0 Å². The largest absolute Gasteiger partial charge is 0.314 e. The van der Waals surface area contributed by atoms with Crippen molar-refractivity contribution in [3.63, 3.8) is 0 Å². The molecule has 0 saturated heterocycles. The second kappa shape index (κ2) is 5.10. The minimum Gasteiger partial charge on any atom is -0.314 e. The number of hydrogen-bond acceptors (Lipinski definition) is 3. The Morgan fingerprint density at radius 2 is 1.11 bits per heavy atom. The molecule has 2 aliphatic heterocycles. The first-order valence-corrected chi connectivity index (χ1v) is 9.58. The summed E-state index contributed by atoms with van der Waals surface area (Å²) in [5.74, 6) is -0.694. The predicted molar refractivity (Wildman–Crippen MR) is 107 cm³/mol. The van der Waals surface area contributed by atoms with Crippen molar-refractivity contribution < 1.29 is 14.4 Å². The fraction of sp³-hybridized carbons (Fsp3) is 0.348. The van der Waals surface area contributed by atoms with Crippen molar-refractivity contribution in [1.82, 2.24) is 0 Å². The molecule has 0 radical (unpaired) electrons. The molecule has 2 amide bonds. The fourth-order valence-corrected chi connectivity index (χ4v) is 5.48. The molecule has 5 rings (SSSR count). The highest BCUT2D eigenvalue weighted by molar-refractivity contribution is 6.34. The van der Waals surface area contributed by atoms with Gasteiger partial charge in [-0.05, 0) is 49.9 Å². The second-order valence-electron chi connectivity index (χ2n) is 8.41. The summed E-state index contributed by atoms with van der Waals surface area (Å²) in [6.45, 7) is 3.91. The smallest absolute Gasteiger partial charge is 0.245 e. The summed E-state index contributed by atoms with van der Waals surface area (Å²) in [6.07, 6.45) is 0.719. The lowest BCUT2D eigenvalue weighted by Crippen LogP contribution is -2.50. The van der Waals surface area contributed by atoms with E-state index in [1.54, 1.807) is 23.9 Å². The number of carbonyl (C=O) groups excluding carboxylic acids is 3. The van der Waals surface area contributed by atoms with Gasteiger partial charge in [0.15, 0.2) is 5.78 Å². The Morgan fingerprint density at radius 1 is 0.714 bits per heavy atom. The zero-order chi connectivity index (χ0) is 20.0. The van der Waals surface area contributed by atoms with Crippen LogP contribution in [0, 0.1) is 13.8 Å². The van der Waals surface area contributed by atoms with Gasteiger partial charge >= 0.3 is 0 Å². The Bertz CT molecular complexity index is 1020. The van der Waals surface area contributed by atoms with Gasteiger partial charge in [0.1, 0.15) is 10.8 Å². The lowest BCUT2D eigenvalue weighted by molar-refractivity contribution is -0.137. The maximum Gasteiger partial charge on any atom is 0.245 e. The third-order valence-electron chi connectivity index (χ3n) is 6.94. The molecule has 142 valence electrons. The number of Topliss-reactive ketones (excluding diaryl/α,β-unsaturated/α-hetero) is 1. The summed E-state index contributed by atoms with van der Waals surface area (Å²) in [4.78, 5) is 44.1. The van der Waals surface area contributed by atoms with E-state index in [9.17, 15) is 14.4 Å². The molecular formula is C23H22N2O3. The van der Waals surface area contributed by atoms with Crippen LogP contribution in [0.5, 0.6) is 0 Å². The van der Waals surface area contributed by atoms with Gasteiger partial charge in [-0.1, -0.05) is 35.4 Å². The molecule has 28 heavy (non-hydrogen) atoms. The molecule has 2 aromatic rings. The third kappa shape index (κ3) is 1.66. The maximum atomic E-state index is 14.1. The molecule has 1 aliphatic carbocycles. The lowest BCUT2D eigenvalue weighted by atomic mass is 9.71. The number of hydrogen-bond donors (Lipinski definition) is 0. The summed E-state index contributed by atoms with van der Waals surface area (Å²) >= 11 is 0. The van der Waals surface area contributed by atoms with E-state index in [1.807, 2.05) is 50.2 Å². The van der Waals surface area contributed by atoms with Crippen LogP contribution < -0.4 is 9.80 Å². The summed E-state index contributed by atoms with van der Waals surface area (Å²) in [5, 5.41) is 0. The van der Waals surface area contributed by atoms with Crippen LogP contribution in [0.1, 0.15) is 35.1 Å². The predicted octanol–water partition coefficient (Wildman–Crippen LogP) is 2.79. The number of rotatable bonds is 0. The van der Waals surface area contributed by atoms with Crippen LogP contribution in [0.2, 0.25) is 0 Å². The van der Waals surface area contributed by atoms with E-state index in [4.69, 9.17) is 0 Å². The van der Waals surface area contributed by atoms with Crippen LogP contribution in [-0.4, -0.2) is 31.7 Å². The van der Waals surface area contributed by atoms with Gasteiger partial charge < -0.3 is 9.80 Å². The Morgan fingerprint density at radius 3 is 1.50 bits per heavy atom. The van der Waals surface area contributed by atoms with Gasteiger partial charge in [-0.15, -0.1) is 0 Å². The third-order valence-corrected chi connectivity index (χ3v) is 6.94. The van der Waals surface area contributed by atoms with Crippen molar-refractivity contribution in [2.75, 3.05) is 23.9 Å². The quantitative estimate of drug-likeness (QED) is 0.667. The van der Waals surface area contributed by atoms with Crippen LogP contribution in [0.3, 0.4) is 0 Å². The molecule has 3 aliphatic rings. The zero-order valence-corrected chi connectivity index (χ0v) is 16.5. The van der Waals surface area contributed by atoms with Gasteiger partial charge in [0.05, 0.1) is 0 Å². The van der Waals surface area contributed by atoms with Gasteiger partial charge in [-0.3, -0.25) is 14.4 Å². The Labute approximate surface area is 163 Å². The lowest BCUT2D eigenvalue weighted by Gasteiger charge is -2.26. The molecule has 2 spiro atoms. The molecule has 2 aromatic carbocycles. The van der Waals surface area contributed by atoms with E-state index >= 15 is 0 Å². The summed E-state index contributed by atoms with van der Waals surface area (Å²) < 4.78 is 0. The van der Waals surface area contributed by atoms with Gasteiger partial charge in [-0.2, -0.15) is 0 Å². The van der Waals surface area contributed by atoms with E-state index in [1.165, 1.54) is 0 Å². The van der Waals surface area contributed by atoms with Gasteiger partial charge in [0.2, 0.25) is 11.8 Å². The normalized spacial score (nSPS) is 28.1. The Balaban J connectivity index is 1.77. The molecule has 0 bridgehead atoms. The average Bonchev–Trinajstić information content (AvgIpc) is 3.18. The first kappa shape index (κ1) is 17.2. The summed E-state index contributed by atoms with van der Waals surface area (Å²) in [7, 11) is 3.43. The molecule has 0 aromatic heterocycles. The number of ketones is 1. The highest BCUT2D eigenvalue weighted by Gasteiger charge is 2.70. The van der Waals surface area contributed by atoms with Crippen molar-refractivity contribution in [2.24, 2.45) is 0 Å². The molecule has 5 nitrogen and oxygen atoms in total. The van der Waals surface area contributed by atoms with Gasteiger partial charge in [-0.25, -0.2) is 0 Å². The summed E-state index contributed by atoms with van der Waals surface area (Å²) in [6, 6.07) is 11.6. The molecule has 1 saturated carbocycles. The molecular weight excluding hydrogens is 352 g/mol. The van der Waals surface area contributed by atoms with Crippen molar-refractivity contribution >= 4 is 29.0 Å². The second-order valence-corrected chi connectivity index (χ2v) is 8.41. The molecule has 5 heteroatoms. The first-order chi connectivity index (χ1) is 13.2. The minimum absolute atomic E-state index is 0.216. The minimum atomic E-state index is -1.27. The number of benzene rings is 2. The van der Waals surface area contributed by atoms with Crippen LogP contribution in [-0.2, 0) is 25.2 Å². The van der Waals surface area contributed by atoms with E-state index in [-0.39, 0.29) is 17.6 Å². The maximum absolute atomic E-state index is 14.1. The fourth-order valence-electron chi connectivity index (χ4n) is 5.48. The van der Waals surface area contributed by atoms with Crippen LogP contribution in [0.15, 0.2) is 36.4 Å². The van der Waals surface area contributed by atoms with Crippen molar-refractivity contribution in [3.05, 3.63) is 58.7 Å². The van der Waals surface area contributed by atoms with E-state index in [0.717, 1.165) is 33.6 Å². The van der Waals surface area contributed by atoms with Crippen LogP contribution in [0.25, 0.3) is 0 Å². The summed E-state index contributed by atoms with van der Waals surface area (Å²) in [5.41, 5.74) is 2.50. The number of likely N-dealkylation sites (N-methyl/N-ethyl adjacent to an activating group) is 2. The number of aryl methyl sites for hydroxylation is 2. The number of nitrogens with zero attached hydrogens (tertiary/aromatic N) is 2. The number of fused-ring (bicyclic) bond motifs is 4. The van der Waals surface area contributed by atoms with Crippen molar-refractivity contribution in [3.8, 4) is 0 Å². The van der Waals surface area contributed by atoms with Crippen LogP contribution >= 0.6 is 0 Å². The SMILES string of the molecule is Cc1ccc2c(c1)[C@]1(CC[C@@]3(C(=O)N(C)c4ccc(C)cc43)C1=O)C(=O)N2C. The highest BCUT2D eigenvalue weighted by Crippen LogP contribution is 2.59. The van der Waals surface area contributed by atoms with Crippen molar-refractivity contribution in [1.29, 1.82) is 0 Å². The van der Waals surface area contributed by atoms with Crippen molar-refractivity contribution in [2.45, 2.75) is 37.5 Å². The highest BCUT2D eigenvalue weighted by atomic mass is 16.2. The monoisotopic (exact) mass is 374 g/mol. The molecule has 0 N–H and O–H groups in total. The Kier molecular flexibility index (Phi) is 3.13. The Hall–Kier alpha value is -2.95. The topological polar surface area (TPSA) is 57.7 Å². The van der Waals surface area contributed by atoms with E-state index < -0.39 is 10.8 Å². The molecule has 0 unspecified atom stereocenters. The number of anilines is 2. The van der Waals surface area contributed by atoms with Gasteiger partial charge in [0.25, 0.3) is 0 Å². The average molecular weight is 374 g/mol. The first-order valence-electron chi connectivity index (χ1n) is 9.58. The van der Waals surface area contributed by atoms with E-state index in [0.29, 0.717) is 12.8 Å². The number of carbonyl (C=O) groups is 3.